The van der Waals surface area contributed by atoms with Crippen molar-refractivity contribution >= 4 is 41.3 Å². The number of thiazole rings is 1. The number of benzene rings is 1. The Morgan fingerprint density at radius 2 is 1.93 bits per heavy atom. The normalized spacial score (nSPS) is 16.1. The third kappa shape index (κ3) is 7.14. The van der Waals surface area contributed by atoms with Crippen molar-refractivity contribution in [2.75, 3.05) is 46.4 Å². The predicted octanol–water partition coefficient (Wildman–Crippen LogP) is 3.30. The van der Waals surface area contributed by atoms with Crippen LogP contribution in [0.3, 0.4) is 0 Å². The lowest BCUT2D eigenvalue weighted by molar-refractivity contribution is 0.0170. The highest BCUT2D eigenvalue weighted by Gasteiger charge is 2.23. The molecular weight excluding hydrogens is 516 g/mol. The number of aromatic nitrogens is 1. The Morgan fingerprint density at radius 3 is 2.53 bits per heavy atom. The maximum atomic E-state index is 13.4. The molecule has 166 valence electrons. The van der Waals surface area contributed by atoms with E-state index in [1.165, 1.54) is 17.0 Å². The molecule has 1 unspecified atom stereocenters. The standard InChI is InChI=1S/C21H30FN5OS.HI/c1-15-20(29-16(2)26-15)8-9-24-21(23-3)25-14-19(27-10-12-28-13-11-27)17-4-6-18(22)7-5-17;/h4-7,19H,8-14H2,1-3H3,(H2,23,24,25);1H. The molecule has 0 bridgehead atoms. The summed E-state index contributed by atoms with van der Waals surface area (Å²) in [6.45, 7) is 8.73. The Bertz CT molecular complexity index is 808. The van der Waals surface area contributed by atoms with Gasteiger partial charge in [0.15, 0.2) is 5.96 Å². The molecule has 1 atom stereocenters. The molecule has 0 amide bonds. The Balaban J connectivity index is 0.00000320. The number of nitrogens with zero attached hydrogens (tertiary/aromatic N) is 3. The molecular formula is C21H31FIN5OS. The largest absolute Gasteiger partial charge is 0.379 e. The van der Waals surface area contributed by atoms with Crippen LogP contribution < -0.4 is 10.6 Å². The molecule has 0 saturated carbocycles. The van der Waals surface area contributed by atoms with Crippen LogP contribution in [0, 0.1) is 19.7 Å². The molecule has 1 aromatic carbocycles. The summed E-state index contributed by atoms with van der Waals surface area (Å²) in [5.74, 6) is 0.553. The molecule has 1 aromatic heterocycles. The molecule has 2 N–H and O–H groups in total. The molecule has 3 rings (SSSR count). The van der Waals surface area contributed by atoms with Crippen molar-refractivity contribution in [3.63, 3.8) is 0 Å². The maximum Gasteiger partial charge on any atom is 0.191 e. The van der Waals surface area contributed by atoms with E-state index in [1.54, 1.807) is 18.4 Å². The van der Waals surface area contributed by atoms with Crippen LogP contribution in [0.25, 0.3) is 0 Å². The van der Waals surface area contributed by atoms with Gasteiger partial charge in [0.2, 0.25) is 0 Å². The van der Waals surface area contributed by atoms with Crippen LogP contribution in [0.4, 0.5) is 4.39 Å². The molecule has 6 nitrogen and oxygen atoms in total. The summed E-state index contributed by atoms with van der Waals surface area (Å²) in [6.07, 6.45) is 0.920. The lowest BCUT2D eigenvalue weighted by atomic mass is 10.0. The molecule has 0 radical (unpaired) electrons. The number of aliphatic imine (C=N–C) groups is 1. The van der Waals surface area contributed by atoms with Crippen LogP contribution in [0.15, 0.2) is 29.3 Å². The minimum Gasteiger partial charge on any atom is -0.379 e. The quantitative estimate of drug-likeness (QED) is 0.317. The highest BCUT2D eigenvalue weighted by molar-refractivity contribution is 14.0. The summed E-state index contributed by atoms with van der Waals surface area (Å²) in [5.41, 5.74) is 2.20. The minimum atomic E-state index is -0.214. The molecule has 2 aromatic rings. The molecule has 1 aliphatic heterocycles. The fraction of sp³-hybridized carbons (Fsp3) is 0.524. The van der Waals surface area contributed by atoms with Gasteiger partial charge in [0.1, 0.15) is 5.82 Å². The Hall–Kier alpha value is -1.30. The Labute approximate surface area is 199 Å². The summed E-state index contributed by atoms with van der Waals surface area (Å²) < 4.78 is 18.9. The van der Waals surface area contributed by atoms with E-state index >= 15 is 0 Å². The number of aryl methyl sites for hydroxylation is 2. The zero-order chi connectivity index (χ0) is 20.6. The van der Waals surface area contributed by atoms with Crippen LogP contribution in [0.1, 0.15) is 27.2 Å². The van der Waals surface area contributed by atoms with E-state index in [1.807, 2.05) is 19.1 Å². The molecule has 30 heavy (non-hydrogen) atoms. The number of hydrogen-bond donors (Lipinski definition) is 2. The van der Waals surface area contributed by atoms with Gasteiger partial charge in [0.05, 0.1) is 30.0 Å². The number of halogens is 2. The van der Waals surface area contributed by atoms with Crippen molar-refractivity contribution in [2.45, 2.75) is 26.3 Å². The topological polar surface area (TPSA) is 61.8 Å². The number of guanidine groups is 1. The zero-order valence-electron chi connectivity index (χ0n) is 17.8. The predicted molar refractivity (Wildman–Crippen MR) is 132 cm³/mol. The van der Waals surface area contributed by atoms with Gasteiger partial charge >= 0.3 is 0 Å². The second-order valence-electron chi connectivity index (χ2n) is 7.09. The first kappa shape index (κ1) is 25.0. The first-order valence-corrected chi connectivity index (χ1v) is 10.8. The number of morpholine rings is 1. The Kier molecular flexibility index (Phi) is 10.4. The van der Waals surface area contributed by atoms with E-state index in [0.29, 0.717) is 6.54 Å². The maximum absolute atomic E-state index is 13.4. The molecule has 2 heterocycles. The monoisotopic (exact) mass is 547 g/mol. The molecule has 1 aliphatic rings. The number of nitrogens with one attached hydrogen (secondary N) is 2. The number of ether oxygens (including phenoxy) is 1. The van der Waals surface area contributed by atoms with Crippen molar-refractivity contribution in [3.8, 4) is 0 Å². The highest BCUT2D eigenvalue weighted by atomic mass is 127. The van der Waals surface area contributed by atoms with E-state index in [0.717, 1.165) is 61.5 Å². The van der Waals surface area contributed by atoms with Crippen LogP contribution in [0.5, 0.6) is 0 Å². The fourth-order valence-electron chi connectivity index (χ4n) is 3.55. The molecule has 0 spiro atoms. The van der Waals surface area contributed by atoms with E-state index < -0.39 is 0 Å². The van der Waals surface area contributed by atoms with Gasteiger partial charge < -0.3 is 15.4 Å². The minimum absolute atomic E-state index is 0. The third-order valence-corrected chi connectivity index (χ3v) is 6.20. The van der Waals surface area contributed by atoms with Crippen LogP contribution >= 0.6 is 35.3 Å². The number of rotatable bonds is 7. The lowest BCUT2D eigenvalue weighted by Crippen LogP contribution is -2.46. The summed E-state index contributed by atoms with van der Waals surface area (Å²) in [6, 6.07) is 6.90. The van der Waals surface area contributed by atoms with E-state index in [4.69, 9.17) is 4.74 Å². The van der Waals surface area contributed by atoms with Crippen molar-refractivity contribution in [1.29, 1.82) is 0 Å². The summed E-state index contributed by atoms with van der Waals surface area (Å²) in [7, 11) is 1.78. The van der Waals surface area contributed by atoms with E-state index in [-0.39, 0.29) is 35.8 Å². The SMILES string of the molecule is CN=C(NCCc1sc(C)nc1C)NCC(c1ccc(F)cc1)N1CCOCC1.I. The van der Waals surface area contributed by atoms with Crippen molar-refractivity contribution < 1.29 is 9.13 Å². The summed E-state index contributed by atoms with van der Waals surface area (Å²) in [4.78, 5) is 12.5. The third-order valence-electron chi connectivity index (χ3n) is 5.07. The van der Waals surface area contributed by atoms with Crippen molar-refractivity contribution in [1.82, 2.24) is 20.5 Å². The fourth-order valence-corrected chi connectivity index (χ4v) is 4.48. The lowest BCUT2D eigenvalue weighted by Gasteiger charge is -2.35. The van der Waals surface area contributed by atoms with Crippen LogP contribution in [-0.4, -0.2) is 62.3 Å². The van der Waals surface area contributed by atoms with Gasteiger partial charge in [-0.3, -0.25) is 9.89 Å². The van der Waals surface area contributed by atoms with E-state index in [2.05, 4.69) is 32.4 Å². The van der Waals surface area contributed by atoms with Gasteiger partial charge in [-0.05, 0) is 31.5 Å². The molecule has 9 heteroatoms. The second-order valence-corrected chi connectivity index (χ2v) is 8.37. The van der Waals surface area contributed by atoms with Gasteiger partial charge in [0.25, 0.3) is 0 Å². The molecule has 1 saturated heterocycles. The average molecular weight is 547 g/mol. The van der Waals surface area contributed by atoms with Crippen molar-refractivity contribution in [2.24, 2.45) is 4.99 Å². The van der Waals surface area contributed by atoms with Crippen molar-refractivity contribution in [3.05, 3.63) is 51.2 Å². The van der Waals surface area contributed by atoms with E-state index in [9.17, 15) is 4.39 Å². The summed E-state index contributed by atoms with van der Waals surface area (Å²) >= 11 is 1.75. The second kappa shape index (κ2) is 12.5. The van der Waals surface area contributed by atoms with Crippen LogP contribution in [0.2, 0.25) is 0 Å². The number of hydrogen-bond acceptors (Lipinski definition) is 5. The summed E-state index contributed by atoms with van der Waals surface area (Å²) in [5, 5.41) is 7.93. The Morgan fingerprint density at radius 1 is 1.23 bits per heavy atom. The van der Waals surface area contributed by atoms with Crippen LogP contribution in [-0.2, 0) is 11.2 Å². The van der Waals surface area contributed by atoms with Gasteiger partial charge in [-0.2, -0.15) is 0 Å². The zero-order valence-corrected chi connectivity index (χ0v) is 20.9. The highest BCUT2D eigenvalue weighted by Crippen LogP contribution is 2.22. The van der Waals surface area contributed by atoms with Gasteiger partial charge in [0, 0.05) is 44.5 Å². The smallest absolute Gasteiger partial charge is 0.191 e. The van der Waals surface area contributed by atoms with Gasteiger partial charge in [-0.25, -0.2) is 9.37 Å². The van der Waals surface area contributed by atoms with Gasteiger partial charge in [-0.1, -0.05) is 12.1 Å². The van der Waals surface area contributed by atoms with Gasteiger partial charge in [-0.15, -0.1) is 35.3 Å². The molecule has 0 aliphatic carbocycles. The first-order valence-electron chi connectivity index (χ1n) is 10.0. The average Bonchev–Trinajstić information content (AvgIpc) is 3.05. The first-order chi connectivity index (χ1) is 14.1. The molecule has 1 fully saturated rings.